The number of amides is 2. The number of anilines is 1. The molecule has 0 N–H and O–H groups in total. The highest BCUT2D eigenvalue weighted by molar-refractivity contribution is 6.23. The molecule has 118 valence electrons. The molecular formula is C17H15NO5. The van der Waals surface area contributed by atoms with Crippen LogP contribution in [-0.4, -0.2) is 36.6 Å². The summed E-state index contributed by atoms with van der Waals surface area (Å²) in [6, 6.07) is 6.31. The maximum Gasteiger partial charge on any atom is 0.338 e. The van der Waals surface area contributed by atoms with E-state index in [1.807, 2.05) is 12.2 Å². The molecule has 0 radical (unpaired) electrons. The minimum Gasteiger partial charge on any atom is -0.462 e. The number of benzene rings is 1. The van der Waals surface area contributed by atoms with Gasteiger partial charge >= 0.3 is 5.97 Å². The number of hydrogen-bond donors (Lipinski definition) is 0. The van der Waals surface area contributed by atoms with Gasteiger partial charge in [0.25, 0.3) is 0 Å². The van der Waals surface area contributed by atoms with Gasteiger partial charge in [0.2, 0.25) is 11.8 Å². The summed E-state index contributed by atoms with van der Waals surface area (Å²) >= 11 is 0. The van der Waals surface area contributed by atoms with E-state index in [1.165, 1.54) is 4.90 Å². The molecule has 23 heavy (non-hydrogen) atoms. The Morgan fingerprint density at radius 3 is 2.17 bits per heavy atom. The molecule has 3 aliphatic rings. The SMILES string of the molecule is CCOC(=O)c1ccc(N2C(=O)[C@@H]3[C@@H](C2=O)[C@@H]2C=C[C@@H]3O2)cc1. The van der Waals surface area contributed by atoms with Crippen LogP contribution in [0.3, 0.4) is 0 Å². The molecule has 0 spiro atoms. The second kappa shape index (κ2) is 5.03. The van der Waals surface area contributed by atoms with Gasteiger partial charge in [0.1, 0.15) is 0 Å². The quantitative estimate of drug-likeness (QED) is 0.478. The molecule has 1 aromatic carbocycles. The molecule has 6 heteroatoms. The van der Waals surface area contributed by atoms with Crippen molar-refractivity contribution in [3.05, 3.63) is 42.0 Å². The highest BCUT2D eigenvalue weighted by Gasteiger charge is 2.60. The van der Waals surface area contributed by atoms with Gasteiger partial charge < -0.3 is 9.47 Å². The predicted octanol–water partition coefficient (Wildman–Crippen LogP) is 1.31. The summed E-state index contributed by atoms with van der Waals surface area (Å²) in [6.45, 7) is 2.03. The van der Waals surface area contributed by atoms with Crippen molar-refractivity contribution in [1.29, 1.82) is 0 Å². The topological polar surface area (TPSA) is 72.9 Å². The van der Waals surface area contributed by atoms with Crippen molar-refractivity contribution < 1.29 is 23.9 Å². The zero-order chi connectivity index (χ0) is 16.1. The third-order valence-corrected chi connectivity index (χ3v) is 4.55. The van der Waals surface area contributed by atoms with Crippen LogP contribution in [0.15, 0.2) is 36.4 Å². The van der Waals surface area contributed by atoms with E-state index in [0.29, 0.717) is 17.9 Å². The van der Waals surface area contributed by atoms with Crippen LogP contribution in [0.1, 0.15) is 17.3 Å². The average molecular weight is 313 g/mol. The van der Waals surface area contributed by atoms with Crippen molar-refractivity contribution >= 4 is 23.5 Å². The number of nitrogens with zero attached hydrogens (tertiary/aromatic N) is 1. The normalized spacial score (nSPS) is 30.9. The summed E-state index contributed by atoms with van der Waals surface area (Å²) in [7, 11) is 0. The Morgan fingerprint density at radius 2 is 1.65 bits per heavy atom. The molecular weight excluding hydrogens is 298 g/mol. The van der Waals surface area contributed by atoms with Gasteiger partial charge in [-0.3, -0.25) is 9.59 Å². The Bertz CT molecular complexity index is 693. The van der Waals surface area contributed by atoms with Crippen molar-refractivity contribution in [3.8, 4) is 0 Å². The molecule has 6 nitrogen and oxygen atoms in total. The number of ether oxygens (including phenoxy) is 2. The maximum absolute atomic E-state index is 12.6. The van der Waals surface area contributed by atoms with E-state index < -0.39 is 17.8 Å². The lowest BCUT2D eigenvalue weighted by atomic mass is 9.85. The summed E-state index contributed by atoms with van der Waals surface area (Å²) in [5.74, 6) is -1.75. The molecule has 0 aromatic heterocycles. The molecule has 2 fully saturated rings. The molecule has 0 unspecified atom stereocenters. The Labute approximate surface area is 132 Å². The van der Waals surface area contributed by atoms with Crippen LogP contribution in [0.2, 0.25) is 0 Å². The highest BCUT2D eigenvalue weighted by Crippen LogP contribution is 2.46. The Morgan fingerprint density at radius 1 is 1.09 bits per heavy atom. The van der Waals surface area contributed by atoms with E-state index in [-0.39, 0.29) is 24.0 Å². The molecule has 0 aliphatic carbocycles. The number of rotatable bonds is 3. The van der Waals surface area contributed by atoms with Crippen molar-refractivity contribution in [2.45, 2.75) is 19.1 Å². The first kappa shape index (κ1) is 14.1. The van der Waals surface area contributed by atoms with Gasteiger partial charge in [-0.25, -0.2) is 9.69 Å². The van der Waals surface area contributed by atoms with Crippen LogP contribution in [0.5, 0.6) is 0 Å². The van der Waals surface area contributed by atoms with E-state index in [2.05, 4.69) is 0 Å². The molecule has 4 rings (SSSR count). The predicted molar refractivity (Wildman–Crippen MR) is 79.7 cm³/mol. The zero-order valence-corrected chi connectivity index (χ0v) is 12.5. The second-order valence-electron chi connectivity index (χ2n) is 5.78. The smallest absolute Gasteiger partial charge is 0.338 e. The largest absolute Gasteiger partial charge is 0.462 e. The number of carbonyl (C=O) groups excluding carboxylic acids is 3. The second-order valence-corrected chi connectivity index (χ2v) is 5.78. The maximum atomic E-state index is 12.6. The van der Waals surface area contributed by atoms with Gasteiger partial charge in [0.05, 0.1) is 41.9 Å². The number of carbonyl (C=O) groups is 3. The standard InChI is InChI=1S/C17H15NO5/c1-2-22-17(21)9-3-5-10(6-4-9)18-15(19)13-11-7-8-12(23-11)14(13)16(18)20/h3-8,11-14H,2H2,1H3/t11-,12-,13-,14-/m0/s1. The number of imide groups is 1. The van der Waals surface area contributed by atoms with Crippen molar-refractivity contribution in [2.75, 3.05) is 11.5 Å². The first-order valence-corrected chi connectivity index (χ1v) is 7.60. The summed E-state index contributed by atoms with van der Waals surface area (Å²) in [4.78, 5) is 38.1. The fourth-order valence-electron chi connectivity index (χ4n) is 3.52. The highest BCUT2D eigenvalue weighted by atomic mass is 16.5. The van der Waals surface area contributed by atoms with Crippen LogP contribution >= 0.6 is 0 Å². The Hall–Kier alpha value is -2.47. The van der Waals surface area contributed by atoms with Gasteiger partial charge in [-0.1, -0.05) is 12.2 Å². The molecule has 3 aliphatic heterocycles. The average Bonchev–Trinajstić information content (AvgIpc) is 3.22. The molecule has 1 aromatic rings. The van der Waals surface area contributed by atoms with E-state index in [1.54, 1.807) is 31.2 Å². The molecule has 2 amide bonds. The van der Waals surface area contributed by atoms with Gasteiger partial charge in [-0.05, 0) is 31.2 Å². The molecule has 3 heterocycles. The number of hydrogen-bond acceptors (Lipinski definition) is 5. The first-order chi connectivity index (χ1) is 11.1. The summed E-state index contributed by atoms with van der Waals surface area (Å²) in [6.07, 6.45) is 3.10. The van der Waals surface area contributed by atoms with Crippen LogP contribution in [0.4, 0.5) is 5.69 Å². The fourth-order valence-corrected chi connectivity index (χ4v) is 3.52. The van der Waals surface area contributed by atoms with Crippen LogP contribution in [-0.2, 0) is 19.1 Å². The van der Waals surface area contributed by atoms with E-state index >= 15 is 0 Å². The van der Waals surface area contributed by atoms with Crippen molar-refractivity contribution in [2.24, 2.45) is 11.8 Å². The van der Waals surface area contributed by atoms with E-state index in [9.17, 15) is 14.4 Å². The Balaban J connectivity index is 1.61. The minimum atomic E-state index is -0.428. The fraction of sp³-hybridized carbons (Fsp3) is 0.353. The summed E-state index contributed by atoms with van der Waals surface area (Å²) in [5, 5.41) is 0. The lowest BCUT2D eigenvalue weighted by Crippen LogP contribution is -2.34. The van der Waals surface area contributed by atoms with Crippen LogP contribution < -0.4 is 4.90 Å². The lowest BCUT2D eigenvalue weighted by molar-refractivity contribution is -0.124. The van der Waals surface area contributed by atoms with E-state index in [4.69, 9.17) is 9.47 Å². The monoisotopic (exact) mass is 313 g/mol. The van der Waals surface area contributed by atoms with Crippen LogP contribution in [0.25, 0.3) is 0 Å². The number of esters is 1. The summed E-state index contributed by atoms with van der Waals surface area (Å²) in [5.41, 5.74) is 0.863. The molecule has 0 saturated carbocycles. The molecule has 2 bridgehead atoms. The van der Waals surface area contributed by atoms with Crippen LogP contribution in [0, 0.1) is 11.8 Å². The summed E-state index contributed by atoms with van der Waals surface area (Å²) < 4.78 is 10.5. The zero-order valence-electron chi connectivity index (χ0n) is 12.5. The van der Waals surface area contributed by atoms with E-state index in [0.717, 1.165) is 0 Å². The van der Waals surface area contributed by atoms with Crippen molar-refractivity contribution in [1.82, 2.24) is 0 Å². The minimum absolute atomic E-state index is 0.235. The number of fused-ring (bicyclic) bond motifs is 5. The lowest BCUT2D eigenvalue weighted by Gasteiger charge is -2.17. The van der Waals surface area contributed by atoms with Crippen molar-refractivity contribution in [3.63, 3.8) is 0 Å². The third kappa shape index (κ3) is 1.95. The molecule has 2 saturated heterocycles. The van der Waals surface area contributed by atoms with Gasteiger partial charge in [0.15, 0.2) is 0 Å². The Kier molecular flexibility index (Phi) is 3.09. The van der Waals surface area contributed by atoms with Gasteiger partial charge in [-0.2, -0.15) is 0 Å². The van der Waals surface area contributed by atoms with Gasteiger partial charge in [-0.15, -0.1) is 0 Å². The third-order valence-electron chi connectivity index (χ3n) is 4.55. The molecule has 4 atom stereocenters. The first-order valence-electron chi connectivity index (χ1n) is 7.60. The van der Waals surface area contributed by atoms with Gasteiger partial charge in [0, 0.05) is 0 Å².